The van der Waals surface area contributed by atoms with Crippen molar-refractivity contribution >= 4 is 22.8 Å². The van der Waals surface area contributed by atoms with E-state index in [1.807, 2.05) is 29.9 Å². The van der Waals surface area contributed by atoms with Crippen molar-refractivity contribution in [3.63, 3.8) is 0 Å². The van der Waals surface area contributed by atoms with Crippen molar-refractivity contribution in [1.82, 2.24) is 24.5 Å². The number of nitrogens with zero attached hydrogens (tertiary/aromatic N) is 5. The Hall–Kier alpha value is -2.74. The fourth-order valence-electron chi connectivity index (χ4n) is 5.05. The van der Waals surface area contributed by atoms with Crippen molar-refractivity contribution in [3.8, 4) is 16.5 Å². The van der Waals surface area contributed by atoms with Crippen LogP contribution in [0.2, 0.25) is 0 Å². The molecule has 0 N–H and O–H groups in total. The second-order valence-electron chi connectivity index (χ2n) is 8.68. The van der Waals surface area contributed by atoms with Gasteiger partial charge in [-0.05, 0) is 39.2 Å². The Morgan fingerprint density at radius 2 is 2.27 bits per heavy atom. The second-order valence-corrected chi connectivity index (χ2v) is 9.92. The predicted octanol–water partition coefficient (Wildman–Crippen LogP) is 3.64. The largest absolute Gasteiger partial charge is 0.469 e. The highest BCUT2D eigenvalue weighted by Gasteiger charge is 2.59. The van der Waals surface area contributed by atoms with Crippen LogP contribution in [0, 0.1) is 12.8 Å². The van der Waals surface area contributed by atoms with Gasteiger partial charge in [0.15, 0.2) is 0 Å². The van der Waals surface area contributed by atoms with Gasteiger partial charge in [0.1, 0.15) is 16.8 Å². The number of fused-ring (bicyclic) bond motifs is 2. The Morgan fingerprint density at radius 1 is 1.40 bits per heavy atom. The van der Waals surface area contributed by atoms with E-state index >= 15 is 0 Å². The van der Waals surface area contributed by atoms with Crippen molar-refractivity contribution in [2.24, 2.45) is 5.92 Å². The van der Waals surface area contributed by atoms with Gasteiger partial charge < -0.3 is 9.64 Å². The van der Waals surface area contributed by atoms with Crippen molar-refractivity contribution < 1.29 is 9.53 Å². The normalized spacial score (nSPS) is 27.4. The summed E-state index contributed by atoms with van der Waals surface area (Å²) < 4.78 is 8.40. The van der Waals surface area contributed by atoms with Gasteiger partial charge in [-0.2, -0.15) is 5.10 Å². The summed E-state index contributed by atoms with van der Waals surface area (Å²) in [5, 5.41) is 5.41. The minimum absolute atomic E-state index is 0.231. The van der Waals surface area contributed by atoms with Gasteiger partial charge >= 0.3 is 0 Å². The first-order valence-corrected chi connectivity index (χ1v) is 11.3. The van der Waals surface area contributed by atoms with E-state index in [1.165, 1.54) is 0 Å². The third kappa shape index (κ3) is 2.62. The summed E-state index contributed by atoms with van der Waals surface area (Å²) >= 11 is 1.61. The highest BCUT2D eigenvalue weighted by atomic mass is 32.1. The summed E-state index contributed by atoms with van der Waals surface area (Å²) in [6.45, 7) is 4.96. The Balaban J connectivity index is 1.28. The number of rotatable bonds is 4. The van der Waals surface area contributed by atoms with Crippen molar-refractivity contribution in [2.45, 2.75) is 51.2 Å². The molecule has 7 nitrogen and oxygen atoms in total. The molecule has 0 radical (unpaired) electrons. The second kappa shape index (κ2) is 6.38. The maximum atomic E-state index is 12.7. The van der Waals surface area contributed by atoms with Crippen LogP contribution in [0.25, 0.3) is 16.1 Å². The number of carbonyl (C=O) groups excluding carboxylic acids is 1. The van der Waals surface area contributed by atoms with Gasteiger partial charge in [0.2, 0.25) is 11.8 Å². The van der Waals surface area contributed by atoms with E-state index in [0.717, 1.165) is 58.9 Å². The van der Waals surface area contributed by atoms with Gasteiger partial charge in [-0.25, -0.2) is 14.5 Å². The molecule has 3 atom stereocenters. The molecule has 30 heavy (non-hydrogen) atoms. The van der Waals surface area contributed by atoms with E-state index in [1.54, 1.807) is 17.5 Å². The molecule has 2 aliphatic carbocycles. The molecule has 3 aromatic rings. The molecule has 1 saturated carbocycles. The minimum Gasteiger partial charge on any atom is -0.469 e. The molecule has 0 aromatic carbocycles. The van der Waals surface area contributed by atoms with Gasteiger partial charge in [-0.15, -0.1) is 11.3 Å². The zero-order valence-electron chi connectivity index (χ0n) is 17.0. The van der Waals surface area contributed by atoms with Crippen LogP contribution < -0.4 is 4.74 Å². The highest BCUT2D eigenvalue weighted by molar-refractivity contribution is 7.15. The minimum atomic E-state index is -0.326. The summed E-state index contributed by atoms with van der Waals surface area (Å²) in [6, 6.07) is 2.20. The molecule has 8 heteroatoms. The first-order valence-electron chi connectivity index (χ1n) is 10.5. The number of amides is 1. The van der Waals surface area contributed by atoms with Gasteiger partial charge in [-0.1, -0.05) is 6.08 Å². The van der Waals surface area contributed by atoms with Crippen LogP contribution in [0.4, 0.5) is 0 Å². The Bertz CT molecular complexity index is 1200. The number of thiazole rings is 1. The lowest BCUT2D eigenvalue weighted by Crippen LogP contribution is -2.61. The van der Waals surface area contributed by atoms with Gasteiger partial charge in [0.25, 0.3) is 0 Å². The first kappa shape index (κ1) is 18.1. The van der Waals surface area contributed by atoms with Crippen LogP contribution in [-0.2, 0) is 4.79 Å². The molecule has 0 spiro atoms. The van der Waals surface area contributed by atoms with Crippen LogP contribution in [0.15, 0.2) is 36.3 Å². The molecule has 154 valence electrons. The van der Waals surface area contributed by atoms with E-state index in [9.17, 15) is 4.79 Å². The summed E-state index contributed by atoms with van der Waals surface area (Å²) in [4.78, 5) is 25.0. The summed E-state index contributed by atoms with van der Waals surface area (Å²) in [5.41, 5.74) is 2.33. The maximum Gasteiger partial charge on any atom is 0.249 e. The molecular formula is C22H23N5O2S. The first-order chi connectivity index (χ1) is 14.5. The third-order valence-electron chi connectivity index (χ3n) is 6.84. The molecule has 3 aromatic heterocycles. The van der Waals surface area contributed by atoms with Crippen LogP contribution >= 0.6 is 11.3 Å². The number of allylic oxidation sites excluding steroid dienone is 1. The number of aromatic nitrogens is 4. The number of hydrogen-bond donors (Lipinski definition) is 0. The Kier molecular flexibility index (Phi) is 3.84. The lowest BCUT2D eigenvalue weighted by molar-refractivity contribution is -0.138. The van der Waals surface area contributed by atoms with E-state index in [2.05, 4.69) is 28.0 Å². The topological polar surface area (TPSA) is 72.6 Å². The monoisotopic (exact) mass is 421 g/mol. The number of likely N-dealkylation sites (tertiary alicyclic amines) is 1. The zero-order chi connectivity index (χ0) is 20.5. The average molecular weight is 422 g/mol. The third-order valence-corrected chi connectivity index (χ3v) is 7.78. The van der Waals surface area contributed by atoms with E-state index in [0.29, 0.717) is 11.8 Å². The van der Waals surface area contributed by atoms with Gasteiger partial charge in [0, 0.05) is 36.7 Å². The molecule has 1 saturated heterocycles. The Morgan fingerprint density at radius 3 is 3.00 bits per heavy atom. The number of hydrogen-bond acceptors (Lipinski definition) is 6. The van der Waals surface area contributed by atoms with Gasteiger partial charge in [0.05, 0.1) is 22.3 Å². The van der Waals surface area contributed by atoms with E-state index in [4.69, 9.17) is 9.72 Å². The molecule has 4 heterocycles. The fraction of sp³-hybridized carbons (Fsp3) is 0.455. The molecule has 2 fully saturated rings. The van der Waals surface area contributed by atoms with E-state index in [-0.39, 0.29) is 17.6 Å². The van der Waals surface area contributed by atoms with Crippen molar-refractivity contribution in [1.29, 1.82) is 0 Å². The summed E-state index contributed by atoms with van der Waals surface area (Å²) in [5.74, 6) is 1.17. The molecule has 3 aliphatic rings. The SMILES string of the molecule is Cc1ncc(-c2cn3nccc3c(O[C@@]3(C)C[C@@H]4[C@H]3CCN4C(=O)C3=CCC3)n2)s1. The number of ether oxygens (including phenoxy) is 1. The van der Waals surface area contributed by atoms with Crippen molar-refractivity contribution in [2.75, 3.05) is 6.54 Å². The molecule has 0 bridgehead atoms. The molecular weight excluding hydrogens is 398 g/mol. The lowest BCUT2D eigenvalue weighted by atomic mass is 9.66. The summed E-state index contributed by atoms with van der Waals surface area (Å²) in [6.07, 6.45) is 11.4. The van der Waals surface area contributed by atoms with Gasteiger partial charge in [-0.3, -0.25) is 4.79 Å². The molecule has 1 aliphatic heterocycles. The lowest BCUT2D eigenvalue weighted by Gasteiger charge is -2.51. The van der Waals surface area contributed by atoms with Crippen LogP contribution in [0.3, 0.4) is 0 Å². The number of aryl methyl sites for hydroxylation is 1. The quantitative estimate of drug-likeness (QED) is 0.643. The van der Waals surface area contributed by atoms with Crippen LogP contribution in [0.1, 0.15) is 37.6 Å². The molecule has 6 rings (SSSR count). The highest BCUT2D eigenvalue weighted by Crippen LogP contribution is 2.51. The molecule has 0 unspecified atom stereocenters. The van der Waals surface area contributed by atoms with Crippen LogP contribution in [0.5, 0.6) is 5.88 Å². The molecule has 1 amide bonds. The zero-order valence-corrected chi connectivity index (χ0v) is 17.9. The summed E-state index contributed by atoms with van der Waals surface area (Å²) in [7, 11) is 0. The predicted molar refractivity (Wildman–Crippen MR) is 113 cm³/mol. The number of carbonyl (C=O) groups is 1. The standard InChI is InChI=1S/C22H23N5O2S/c1-13-23-11-19(30-13)16-12-27-17(6-8-24-27)20(25-16)29-22(2)10-18-15(22)7-9-26(18)21(28)14-4-3-5-14/h4,6,8,11-12,15,18H,3,5,7,9-10H2,1-2H3/t15-,18-,22+/m1/s1. The van der Waals surface area contributed by atoms with Crippen molar-refractivity contribution in [3.05, 3.63) is 41.3 Å². The average Bonchev–Trinajstić information content (AvgIpc) is 3.38. The fourth-order valence-corrected chi connectivity index (χ4v) is 5.79. The smallest absolute Gasteiger partial charge is 0.249 e. The van der Waals surface area contributed by atoms with E-state index < -0.39 is 0 Å². The Labute approximate surface area is 178 Å². The van der Waals surface area contributed by atoms with Crippen LogP contribution in [-0.4, -0.2) is 48.6 Å². The maximum absolute atomic E-state index is 12.7.